The van der Waals surface area contributed by atoms with Crippen molar-refractivity contribution in [2.75, 3.05) is 22.6 Å². The van der Waals surface area contributed by atoms with Crippen molar-refractivity contribution in [1.29, 1.82) is 0 Å². The monoisotopic (exact) mass is 488 g/mol. The van der Waals surface area contributed by atoms with Gasteiger partial charge in [-0.15, -0.1) is 0 Å². The zero-order valence-corrected chi connectivity index (χ0v) is 19.9. The van der Waals surface area contributed by atoms with Crippen molar-refractivity contribution in [2.24, 2.45) is 11.8 Å². The van der Waals surface area contributed by atoms with Gasteiger partial charge in [0.25, 0.3) is 0 Å². The van der Waals surface area contributed by atoms with Gasteiger partial charge in [0.2, 0.25) is 11.9 Å². The maximum atomic E-state index is 12.9. The van der Waals surface area contributed by atoms with Crippen LogP contribution in [0, 0.1) is 18.8 Å². The van der Waals surface area contributed by atoms with Crippen LogP contribution in [0.1, 0.15) is 38.1 Å². The number of pyridine rings is 1. The Morgan fingerprint density at radius 3 is 2.66 bits per heavy atom. The number of carbonyl (C=O) groups excluding carboxylic acids is 1. The number of amides is 1. The number of likely N-dealkylation sites (N-methyl/N-ethyl adjacent to an activating group) is 1. The third-order valence-electron chi connectivity index (χ3n) is 6.79. The molecule has 0 aromatic carbocycles. The topological polar surface area (TPSA) is 101 Å². The van der Waals surface area contributed by atoms with Crippen molar-refractivity contribution in [2.45, 2.75) is 58.4 Å². The molecule has 1 amide bonds. The first-order chi connectivity index (χ1) is 16.5. The number of halogens is 3. The standard InChI is InChI=1S/C23H27F3N8O/c1-11(2)19-21(35)31-18-12(3)29-22(32-20(18)33(19)4)30-15-5-13(6-15)10-34-16-9-27-17(23(24,25)26)7-14(16)8-28-34/h7-9,11,13,15,19H,5-6,10H2,1-4H3,(H,31,35)(H,29,30,32)/t13-,15+,19-/m0/s1. The molecule has 1 atom stereocenters. The van der Waals surface area contributed by atoms with Gasteiger partial charge in [0.05, 0.1) is 23.6 Å². The number of aryl methyl sites for hydroxylation is 1. The van der Waals surface area contributed by atoms with Crippen LogP contribution in [-0.2, 0) is 17.5 Å². The lowest BCUT2D eigenvalue weighted by molar-refractivity contribution is -0.141. The lowest BCUT2D eigenvalue weighted by atomic mass is 9.80. The number of nitrogens with one attached hydrogen (secondary N) is 2. The van der Waals surface area contributed by atoms with E-state index in [2.05, 4.69) is 30.7 Å². The van der Waals surface area contributed by atoms with Crippen LogP contribution in [0.3, 0.4) is 0 Å². The normalized spacial score (nSPS) is 22.2. The molecule has 35 heavy (non-hydrogen) atoms. The zero-order valence-electron chi connectivity index (χ0n) is 19.9. The number of nitrogens with zero attached hydrogens (tertiary/aromatic N) is 6. The second-order valence-corrected chi connectivity index (χ2v) is 9.75. The van der Waals surface area contributed by atoms with Crippen LogP contribution >= 0.6 is 0 Å². The van der Waals surface area contributed by atoms with Gasteiger partial charge in [0.1, 0.15) is 17.4 Å². The quantitative estimate of drug-likeness (QED) is 0.563. The van der Waals surface area contributed by atoms with Gasteiger partial charge < -0.3 is 15.5 Å². The molecule has 2 aliphatic rings. The highest BCUT2D eigenvalue weighted by Crippen LogP contribution is 2.36. The fraction of sp³-hybridized carbons (Fsp3) is 0.522. The Labute approximate surface area is 200 Å². The third-order valence-corrected chi connectivity index (χ3v) is 6.79. The molecule has 5 rings (SSSR count). The molecule has 1 saturated carbocycles. The van der Waals surface area contributed by atoms with Crippen LogP contribution in [-0.4, -0.2) is 49.8 Å². The Kier molecular flexibility index (Phi) is 5.56. The Balaban J connectivity index is 1.24. The van der Waals surface area contributed by atoms with Crippen molar-refractivity contribution in [3.8, 4) is 0 Å². The predicted molar refractivity (Wildman–Crippen MR) is 125 cm³/mol. The number of hydrogen-bond acceptors (Lipinski definition) is 7. The molecule has 0 saturated heterocycles. The molecule has 1 aliphatic carbocycles. The van der Waals surface area contributed by atoms with E-state index in [0.717, 1.165) is 18.9 Å². The summed E-state index contributed by atoms with van der Waals surface area (Å²) in [6.45, 7) is 6.45. The summed E-state index contributed by atoms with van der Waals surface area (Å²) in [7, 11) is 1.87. The molecule has 9 nitrogen and oxygen atoms in total. The van der Waals surface area contributed by atoms with Gasteiger partial charge in [-0.3, -0.25) is 9.48 Å². The number of alkyl halides is 3. The molecule has 0 unspecified atom stereocenters. The fourth-order valence-corrected chi connectivity index (χ4v) is 4.99. The first-order valence-electron chi connectivity index (χ1n) is 11.6. The van der Waals surface area contributed by atoms with E-state index in [9.17, 15) is 18.0 Å². The Morgan fingerprint density at radius 2 is 1.97 bits per heavy atom. The maximum Gasteiger partial charge on any atom is 0.433 e. The summed E-state index contributed by atoms with van der Waals surface area (Å²) in [5.74, 6) is 1.61. The van der Waals surface area contributed by atoms with Crippen molar-refractivity contribution in [1.82, 2.24) is 24.7 Å². The Hall–Kier alpha value is -3.44. The summed E-state index contributed by atoms with van der Waals surface area (Å²) in [4.78, 5) is 27.2. The highest BCUT2D eigenvalue weighted by atomic mass is 19.4. The number of carbonyl (C=O) groups is 1. The molecule has 186 valence electrons. The third kappa shape index (κ3) is 4.25. The van der Waals surface area contributed by atoms with E-state index in [4.69, 9.17) is 0 Å². The molecule has 3 aromatic heterocycles. The summed E-state index contributed by atoms with van der Waals surface area (Å²) >= 11 is 0. The minimum atomic E-state index is -4.48. The summed E-state index contributed by atoms with van der Waals surface area (Å²) in [6.07, 6.45) is -0.0738. The smallest absolute Gasteiger partial charge is 0.351 e. The molecule has 0 bridgehead atoms. The SMILES string of the molecule is Cc1nc(N[C@H]2C[C@@H](Cn3ncc4cc(C(F)(F)F)ncc43)C2)nc2c1NC(=O)[C@H](C(C)C)N2C. The average molecular weight is 489 g/mol. The van der Waals surface area contributed by atoms with E-state index < -0.39 is 11.9 Å². The van der Waals surface area contributed by atoms with E-state index in [0.29, 0.717) is 46.5 Å². The highest BCUT2D eigenvalue weighted by Gasteiger charge is 2.37. The molecule has 4 heterocycles. The van der Waals surface area contributed by atoms with Crippen LogP contribution in [0.2, 0.25) is 0 Å². The Morgan fingerprint density at radius 1 is 1.23 bits per heavy atom. The van der Waals surface area contributed by atoms with Gasteiger partial charge in [-0.1, -0.05) is 13.8 Å². The predicted octanol–water partition coefficient (Wildman–Crippen LogP) is 3.85. The lowest BCUT2D eigenvalue weighted by Gasteiger charge is -2.38. The zero-order chi connectivity index (χ0) is 25.1. The number of anilines is 3. The maximum absolute atomic E-state index is 12.9. The van der Waals surface area contributed by atoms with Gasteiger partial charge in [0, 0.05) is 25.0 Å². The van der Waals surface area contributed by atoms with E-state index in [1.807, 2.05) is 32.7 Å². The van der Waals surface area contributed by atoms with E-state index >= 15 is 0 Å². The molecule has 0 radical (unpaired) electrons. The Bertz CT molecular complexity index is 1280. The lowest BCUT2D eigenvalue weighted by Crippen LogP contribution is -2.50. The van der Waals surface area contributed by atoms with Crippen LogP contribution in [0.15, 0.2) is 18.5 Å². The first kappa shape index (κ1) is 23.3. The molecule has 1 fully saturated rings. The summed E-state index contributed by atoms with van der Waals surface area (Å²) in [5, 5.41) is 11.0. The van der Waals surface area contributed by atoms with E-state index in [1.165, 1.54) is 12.4 Å². The van der Waals surface area contributed by atoms with Gasteiger partial charge in [0.15, 0.2) is 5.82 Å². The van der Waals surface area contributed by atoms with Gasteiger partial charge in [-0.05, 0) is 37.7 Å². The first-order valence-corrected chi connectivity index (χ1v) is 11.6. The minimum absolute atomic E-state index is 0.0554. The van der Waals surface area contributed by atoms with Crippen molar-refractivity contribution in [3.05, 3.63) is 29.8 Å². The van der Waals surface area contributed by atoms with Crippen LogP contribution in [0.5, 0.6) is 0 Å². The molecule has 12 heteroatoms. The number of fused-ring (bicyclic) bond motifs is 2. The molecule has 3 aromatic rings. The molecular weight excluding hydrogens is 461 g/mol. The molecular formula is C23H27F3N8O. The summed E-state index contributed by atoms with van der Waals surface area (Å²) < 4.78 is 40.4. The second kappa shape index (κ2) is 8.35. The van der Waals surface area contributed by atoms with E-state index in [1.54, 1.807) is 4.68 Å². The van der Waals surface area contributed by atoms with Crippen molar-refractivity contribution in [3.63, 3.8) is 0 Å². The summed E-state index contributed by atoms with van der Waals surface area (Å²) in [6, 6.07) is 0.908. The van der Waals surface area contributed by atoms with Gasteiger partial charge >= 0.3 is 6.18 Å². The number of rotatable bonds is 5. The largest absolute Gasteiger partial charge is 0.433 e. The highest BCUT2D eigenvalue weighted by molar-refractivity contribution is 6.03. The minimum Gasteiger partial charge on any atom is -0.351 e. The average Bonchev–Trinajstić information content (AvgIpc) is 3.14. The van der Waals surface area contributed by atoms with Crippen LogP contribution in [0.25, 0.3) is 10.9 Å². The second-order valence-electron chi connectivity index (χ2n) is 9.75. The van der Waals surface area contributed by atoms with Crippen molar-refractivity contribution < 1.29 is 18.0 Å². The molecule has 0 spiro atoms. The van der Waals surface area contributed by atoms with Gasteiger partial charge in [-0.2, -0.15) is 23.3 Å². The number of hydrogen-bond donors (Lipinski definition) is 2. The summed E-state index contributed by atoms with van der Waals surface area (Å²) in [5.41, 5.74) is 1.01. The molecule has 2 N–H and O–H groups in total. The fourth-order valence-electron chi connectivity index (χ4n) is 4.99. The van der Waals surface area contributed by atoms with Crippen LogP contribution in [0.4, 0.5) is 30.6 Å². The van der Waals surface area contributed by atoms with Gasteiger partial charge in [-0.25, -0.2) is 9.97 Å². The van der Waals surface area contributed by atoms with Crippen LogP contribution < -0.4 is 15.5 Å². The number of aromatic nitrogens is 5. The van der Waals surface area contributed by atoms with E-state index in [-0.39, 0.29) is 23.9 Å². The molecule has 1 aliphatic heterocycles. The van der Waals surface area contributed by atoms with Crippen molar-refractivity contribution >= 4 is 34.3 Å².